The van der Waals surface area contributed by atoms with E-state index >= 15 is 0 Å². The highest BCUT2D eigenvalue weighted by molar-refractivity contribution is 7.89. The van der Waals surface area contributed by atoms with Crippen LogP contribution in [-0.4, -0.2) is 25.0 Å². The van der Waals surface area contributed by atoms with Crippen molar-refractivity contribution < 1.29 is 13.2 Å². The molecule has 0 aliphatic rings. The highest BCUT2D eigenvalue weighted by Gasteiger charge is 2.20. The minimum Gasteiger partial charge on any atom is -0.492 e. The van der Waals surface area contributed by atoms with Crippen LogP contribution in [0.5, 0.6) is 5.75 Å². The van der Waals surface area contributed by atoms with Gasteiger partial charge in [0, 0.05) is 23.3 Å². The fourth-order valence-electron chi connectivity index (χ4n) is 2.32. The zero-order valence-corrected chi connectivity index (χ0v) is 15.2. The molecule has 0 unspecified atom stereocenters. The van der Waals surface area contributed by atoms with Crippen molar-refractivity contribution in [2.24, 2.45) is 0 Å². The lowest BCUT2D eigenvalue weighted by Gasteiger charge is -2.12. The number of para-hydroxylation sites is 1. The molecule has 0 saturated heterocycles. The van der Waals surface area contributed by atoms with E-state index in [1.807, 2.05) is 23.8 Å². The zero-order valence-electron chi connectivity index (χ0n) is 13.5. The molecule has 3 rings (SSSR count). The average Bonchev–Trinajstić information content (AvgIpc) is 3.15. The van der Waals surface area contributed by atoms with Crippen LogP contribution >= 0.6 is 11.3 Å². The van der Waals surface area contributed by atoms with Gasteiger partial charge in [-0.2, -0.15) is 11.3 Å². The zero-order chi connectivity index (χ0) is 17.7. The van der Waals surface area contributed by atoms with E-state index in [4.69, 9.17) is 4.74 Å². The number of thiophene rings is 1. The third-order valence-corrected chi connectivity index (χ3v) is 5.56. The first-order valence-electron chi connectivity index (χ1n) is 7.65. The molecule has 0 amide bonds. The molecule has 6 nitrogen and oxygen atoms in total. The van der Waals surface area contributed by atoms with Crippen molar-refractivity contribution >= 4 is 21.4 Å². The van der Waals surface area contributed by atoms with E-state index in [0.717, 1.165) is 5.56 Å². The topological polar surface area (TPSA) is 81.2 Å². The van der Waals surface area contributed by atoms with Gasteiger partial charge in [-0.15, -0.1) is 0 Å². The first kappa shape index (κ1) is 17.5. The second-order valence-corrected chi connectivity index (χ2v) is 7.58. The summed E-state index contributed by atoms with van der Waals surface area (Å²) in [5, 5.41) is 3.89. The molecule has 0 fully saturated rings. The number of hydrogen-bond acceptors (Lipinski definition) is 6. The molecule has 0 radical (unpaired) electrons. The normalized spacial score (nSPS) is 11.4. The van der Waals surface area contributed by atoms with Crippen LogP contribution in [0.25, 0.3) is 11.3 Å². The third-order valence-electron chi connectivity index (χ3n) is 3.44. The van der Waals surface area contributed by atoms with E-state index in [1.54, 1.807) is 41.9 Å². The van der Waals surface area contributed by atoms with Crippen molar-refractivity contribution in [3.63, 3.8) is 0 Å². The number of nitrogens with one attached hydrogen (secondary N) is 1. The van der Waals surface area contributed by atoms with Gasteiger partial charge in [0.15, 0.2) is 0 Å². The number of benzene rings is 1. The molecule has 0 aliphatic heterocycles. The highest BCUT2D eigenvalue weighted by Crippen LogP contribution is 2.25. The summed E-state index contributed by atoms with van der Waals surface area (Å²) in [4.78, 5) is 8.71. The Balaban J connectivity index is 1.85. The SMILES string of the molecule is CCOc1ccccc1S(=O)(=O)NCc1nccnc1-c1ccsc1. The molecule has 0 bridgehead atoms. The summed E-state index contributed by atoms with van der Waals surface area (Å²) in [6.07, 6.45) is 3.14. The molecule has 3 aromatic rings. The lowest BCUT2D eigenvalue weighted by Crippen LogP contribution is -2.24. The van der Waals surface area contributed by atoms with Gasteiger partial charge < -0.3 is 4.74 Å². The van der Waals surface area contributed by atoms with Crippen LogP contribution in [0.2, 0.25) is 0 Å². The molecule has 8 heteroatoms. The predicted octanol–water partition coefficient (Wildman–Crippen LogP) is 3.08. The Morgan fingerprint density at radius 1 is 1.16 bits per heavy atom. The van der Waals surface area contributed by atoms with Crippen molar-refractivity contribution in [3.8, 4) is 17.0 Å². The van der Waals surface area contributed by atoms with Crippen molar-refractivity contribution in [2.75, 3.05) is 6.61 Å². The summed E-state index contributed by atoms with van der Waals surface area (Å²) >= 11 is 1.55. The van der Waals surface area contributed by atoms with Gasteiger partial charge in [0.2, 0.25) is 10.0 Å². The number of rotatable bonds is 7. The predicted molar refractivity (Wildman–Crippen MR) is 97.0 cm³/mol. The van der Waals surface area contributed by atoms with Gasteiger partial charge >= 0.3 is 0 Å². The quantitative estimate of drug-likeness (QED) is 0.686. The van der Waals surface area contributed by atoms with E-state index in [9.17, 15) is 8.42 Å². The van der Waals surface area contributed by atoms with Crippen molar-refractivity contribution in [1.29, 1.82) is 0 Å². The van der Waals surface area contributed by atoms with Crippen LogP contribution in [0.15, 0.2) is 58.4 Å². The summed E-state index contributed by atoms with van der Waals surface area (Å²) in [5.74, 6) is 0.328. The molecule has 1 N–H and O–H groups in total. The van der Waals surface area contributed by atoms with Crippen LogP contribution in [0.4, 0.5) is 0 Å². The number of nitrogens with zero attached hydrogens (tertiary/aromatic N) is 2. The Kier molecular flexibility index (Phi) is 5.42. The van der Waals surface area contributed by atoms with E-state index < -0.39 is 10.0 Å². The lowest BCUT2D eigenvalue weighted by molar-refractivity contribution is 0.331. The van der Waals surface area contributed by atoms with Gasteiger partial charge in [0.25, 0.3) is 0 Å². The fraction of sp³-hybridized carbons (Fsp3) is 0.176. The van der Waals surface area contributed by atoms with Crippen LogP contribution in [0.3, 0.4) is 0 Å². The van der Waals surface area contributed by atoms with Gasteiger partial charge in [-0.05, 0) is 30.5 Å². The number of ether oxygens (including phenoxy) is 1. The molecule has 0 aliphatic carbocycles. The standard InChI is InChI=1S/C17H17N3O3S2/c1-2-23-15-5-3-4-6-16(15)25(21,22)20-11-14-17(19-9-8-18-14)13-7-10-24-12-13/h3-10,12,20H,2,11H2,1H3. The van der Waals surface area contributed by atoms with Crippen molar-refractivity contribution in [3.05, 3.63) is 59.2 Å². The Hall–Kier alpha value is -2.29. The summed E-state index contributed by atoms with van der Waals surface area (Å²) < 4.78 is 33.3. The second kappa shape index (κ2) is 7.73. The maximum atomic E-state index is 12.7. The van der Waals surface area contributed by atoms with E-state index in [1.165, 1.54) is 6.07 Å². The molecular weight excluding hydrogens is 358 g/mol. The van der Waals surface area contributed by atoms with E-state index in [2.05, 4.69) is 14.7 Å². The molecule has 0 saturated carbocycles. The van der Waals surface area contributed by atoms with Gasteiger partial charge in [-0.25, -0.2) is 13.1 Å². The first-order chi connectivity index (χ1) is 12.1. The second-order valence-electron chi connectivity index (χ2n) is 5.07. The first-order valence-corrected chi connectivity index (χ1v) is 10.1. The van der Waals surface area contributed by atoms with Gasteiger partial charge in [-0.3, -0.25) is 9.97 Å². The largest absolute Gasteiger partial charge is 0.492 e. The fourth-order valence-corrected chi connectivity index (χ4v) is 4.10. The average molecular weight is 375 g/mol. The summed E-state index contributed by atoms with van der Waals surface area (Å²) in [6, 6.07) is 8.48. The number of aromatic nitrogens is 2. The molecule has 1 aromatic carbocycles. The molecule has 130 valence electrons. The molecule has 25 heavy (non-hydrogen) atoms. The Morgan fingerprint density at radius 3 is 2.72 bits per heavy atom. The Bertz CT molecular complexity index is 941. The Labute approximate surface area is 150 Å². The molecule has 0 spiro atoms. The van der Waals surface area contributed by atoms with Crippen LogP contribution in [0, 0.1) is 0 Å². The molecule has 2 heterocycles. The minimum absolute atomic E-state index is 0.0435. The van der Waals surface area contributed by atoms with Crippen LogP contribution in [-0.2, 0) is 16.6 Å². The summed E-state index contributed by atoms with van der Waals surface area (Å²) in [5.41, 5.74) is 2.16. The Morgan fingerprint density at radius 2 is 1.96 bits per heavy atom. The van der Waals surface area contributed by atoms with Crippen molar-refractivity contribution in [2.45, 2.75) is 18.4 Å². The molecule has 0 atom stereocenters. The maximum Gasteiger partial charge on any atom is 0.244 e. The highest BCUT2D eigenvalue weighted by atomic mass is 32.2. The summed E-state index contributed by atoms with van der Waals surface area (Å²) in [7, 11) is -3.74. The summed E-state index contributed by atoms with van der Waals surface area (Å²) in [6.45, 7) is 2.24. The van der Waals surface area contributed by atoms with Gasteiger partial charge in [0.1, 0.15) is 10.6 Å². The smallest absolute Gasteiger partial charge is 0.244 e. The van der Waals surface area contributed by atoms with E-state index in [-0.39, 0.29) is 11.4 Å². The van der Waals surface area contributed by atoms with Gasteiger partial charge in [-0.1, -0.05) is 12.1 Å². The van der Waals surface area contributed by atoms with Crippen molar-refractivity contribution in [1.82, 2.24) is 14.7 Å². The van der Waals surface area contributed by atoms with Crippen LogP contribution < -0.4 is 9.46 Å². The minimum atomic E-state index is -3.74. The lowest BCUT2D eigenvalue weighted by atomic mass is 10.2. The molecular formula is C17H17N3O3S2. The number of hydrogen-bond donors (Lipinski definition) is 1. The van der Waals surface area contributed by atoms with E-state index in [0.29, 0.717) is 23.7 Å². The van der Waals surface area contributed by atoms with Gasteiger partial charge in [0.05, 0.1) is 24.5 Å². The third kappa shape index (κ3) is 4.04. The monoisotopic (exact) mass is 375 g/mol. The molecule has 2 aromatic heterocycles. The maximum absolute atomic E-state index is 12.7. The number of sulfonamides is 1. The van der Waals surface area contributed by atoms with Crippen LogP contribution in [0.1, 0.15) is 12.6 Å².